The van der Waals surface area contributed by atoms with Crippen molar-refractivity contribution < 1.29 is 9.13 Å². The van der Waals surface area contributed by atoms with E-state index >= 15 is 0 Å². The molecule has 0 saturated carbocycles. The molecule has 20 heavy (non-hydrogen) atoms. The van der Waals surface area contributed by atoms with E-state index in [0.717, 1.165) is 17.5 Å². The highest BCUT2D eigenvalue weighted by Gasteiger charge is 2.08. The number of rotatable bonds is 6. The van der Waals surface area contributed by atoms with Gasteiger partial charge >= 0.3 is 0 Å². The second kappa shape index (κ2) is 6.52. The summed E-state index contributed by atoms with van der Waals surface area (Å²) in [5.74, 6) is 0.438. The van der Waals surface area contributed by atoms with E-state index in [9.17, 15) is 4.39 Å². The summed E-state index contributed by atoms with van der Waals surface area (Å²) < 4.78 is 20.8. The van der Waals surface area contributed by atoms with Gasteiger partial charge in [-0.3, -0.25) is 4.68 Å². The molecule has 0 saturated heterocycles. The fourth-order valence-electron chi connectivity index (χ4n) is 2.08. The molecule has 2 aromatic rings. The van der Waals surface area contributed by atoms with Crippen LogP contribution in [0, 0.1) is 5.82 Å². The average Bonchev–Trinajstić information content (AvgIpc) is 2.77. The van der Waals surface area contributed by atoms with Crippen molar-refractivity contribution in [2.24, 2.45) is 12.8 Å². The van der Waals surface area contributed by atoms with E-state index in [-0.39, 0.29) is 11.9 Å². The molecule has 2 N–H and O–H groups in total. The lowest BCUT2D eigenvalue weighted by atomic mass is 10.1. The first-order valence-corrected chi connectivity index (χ1v) is 6.69. The number of ether oxygens (including phenoxy) is 1. The lowest BCUT2D eigenvalue weighted by Crippen LogP contribution is -2.18. The van der Waals surface area contributed by atoms with Gasteiger partial charge in [-0.25, -0.2) is 4.39 Å². The van der Waals surface area contributed by atoms with Crippen molar-refractivity contribution in [3.8, 4) is 5.75 Å². The van der Waals surface area contributed by atoms with Gasteiger partial charge in [-0.1, -0.05) is 0 Å². The third-order valence-electron chi connectivity index (χ3n) is 2.97. The van der Waals surface area contributed by atoms with Crippen LogP contribution in [0.25, 0.3) is 0 Å². The van der Waals surface area contributed by atoms with Gasteiger partial charge in [-0.2, -0.15) is 5.10 Å². The third kappa shape index (κ3) is 4.06. The summed E-state index contributed by atoms with van der Waals surface area (Å²) in [7, 11) is 1.88. The van der Waals surface area contributed by atoms with Crippen LogP contribution in [0.3, 0.4) is 0 Å². The fourth-order valence-corrected chi connectivity index (χ4v) is 2.08. The standard InChI is InChI=1S/C15H20FN3O/c1-11(17)7-13-8-14(16)3-4-15(13)20-6-5-12-9-18-19(2)10-12/h3-4,8-11H,5-7,17H2,1-2H3. The zero-order valence-corrected chi connectivity index (χ0v) is 11.8. The molecule has 1 unspecified atom stereocenters. The fraction of sp³-hybridized carbons (Fsp3) is 0.400. The first-order valence-electron chi connectivity index (χ1n) is 6.69. The average molecular weight is 277 g/mol. The van der Waals surface area contributed by atoms with Crippen LogP contribution in [0.4, 0.5) is 4.39 Å². The Morgan fingerprint density at radius 1 is 1.45 bits per heavy atom. The molecular formula is C15H20FN3O. The molecule has 4 nitrogen and oxygen atoms in total. The number of hydrogen-bond acceptors (Lipinski definition) is 3. The number of nitrogens with zero attached hydrogens (tertiary/aromatic N) is 2. The van der Waals surface area contributed by atoms with Crippen LogP contribution in [-0.4, -0.2) is 22.4 Å². The Morgan fingerprint density at radius 3 is 2.90 bits per heavy atom. The topological polar surface area (TPSA) is 53.1 Å². The number of aryl methyl sites for hydroxylation is 1. The first kappa shape index (κ1) is 14.5. The molecule has 0 aliphatic carbocycles. The molecule has 108 valence electrons. The molecule has 1 heterocycles. The van der Waals surface area contributed by atoms with E-state index in [2.05, 4.69) is 5.10 Å². The Bertz CT molecular complexity index is 566. The summed E-state index contributed by atoms with van der Waals surface area (Å²) in [4.78, 5) is 0. The van der Waals surface area contributed by atoms with Crippen LogP contribution in [0.15, 0.2) is 30.6 Å². The highest BCUT2D eigenvalue weighted by atomic mass is 19.1. The lowest BCUT2D eigenvalue weighted by molar-refractivity contribution is 0.317. The van der Waals surface area contributed by atoms with E-state index in [4.69, 9.17) is 10.5 Å². The summed E-state index contributed by atoms with van der Waals surface area (Å²) >= 11 is 0. The van der Waals surface area contributed by atoms with Crippen molar-refractivity contribution in [3.05, 3.63) is 47.5 Å². The predicted molar refractivity (Wildman–Crippen MR) is 76.2 cm³/mol. The predicted octanol–water partition coefficient (Wildman–Crippen LogP) is 2.07. The summed E-state index contributed by atoms with van der Waals surface area (Å²) in [6.07, 6.45) is 5.14. The molecule has 1 aromatic heterocycles. The lowest BCUT2D eigenvalue weighted by Gasteiger charge is -2.13. The summed E-state index contributed by atoms with van der Waals surface area (Å²) in [5.41, 5.74) is 7.70. The summed E-state index contributed by atoms with van der Waals surface area (Å²) in [6, 6.07) is 4.53. The molecule has 1 aromatic carbocycles. The summed E-state index contributed by atoms with van der Waals surface area (Å²) in [6.45, 7) is 2.42. The number of halogens is 1. The van der Waals surface area contributed by atoms with Crippen molar-refractivity contribution in [1.29, 1.82) is 0 Å². The monoisotopic (exact) mass is 277 g/mol. The first-order chi connectivity index (χ1) is 9.54. The zero-order chi connectivity index (χ0) is 14.5. The van der Waals surface area contributed by atoms with Gasteiger partial charge in [0.05, 0.1) is 12.8 Å². The minimum atomic E-state index is -0.264. The van der Waals surface area contributed by atoms with E-state index in [1.165, 1.54) is 12.1 Å². The van der Waals surface area contributed by atoms with Gasteiger partial charge in [0.15, 0.2) is 0 Å². The van der Waals surface area contributed by atoms with Gasteiger partial charge in [0.1, 0.15) is 11.6 Å². The Kier molecular flexibility index (Phi) is 4.74. The Balaban J connectivity index is 1.97. The maximum Gasteiger partial charge on any atom is 0.123 e. The van der Waals surface area contributed by atoms with E-state index in [1.807, 2.05) is 26.4 Å². The minimum absolute atomic E-state index is 0.0301. The molecular weight excluding hydrogens is 257 g/mol. The molecule has 1 atom stereocenters. The zero-order valence-electron chi connectivity index (χ0n) is 11.8. The van der Waals surface area contributed by atoms with Gasteiger partial charge in [0, 0.05) is 25.7 Å². The quantitative estimate of drug-likeness (QED) is 0.879. The van der Waals surface area contributed by atoms with Crippen molar-refractivity contribution in [2.45, 2.75) is 25.8 Å². The normalized spacial score (nSPS) is 12.4. The molecule has 0 aliphatic heterocycles. The van der Waals surface area contributed by atoms with E-state index in [1.54, 1.807) is 10.7 Å². The number of benzene rings is 1. The second-order valence-electron chi connectivity index (χ2n) is 5.05. The van der Waals surface area contributed by atoms with Crippen LogP contribution in [0.5, 0.6) is 5.75 Å². The SMILES string of the molecule is CC(N)Cc1cc(F)ccc1OCCc1cnn(C)c1. The smallest absolute Gasteiger partial charge is 0.123 e. The number of nitrogens with two attached hydrogens (primary N) is 1. The van der Waals surface area contributed by atoms with Crippen LogP contribution in [0.2, 0.25) is 0 Å². The van der Waals surface area contributed by atoms with Gasteiger partial charge in [0.2, 0.25) is 0 Å². The van der Waals surface area contributed by atoms with Crippen LogP contribution < -0.4 is 10.5 Å². The van der Waals surface area contributed by atoms with Crippen molar-refractivity contribution in [3.63, 3.8) is 0 Å². The van der Waals surface area contributed by atoms with Gasteiger partial charge in [0.25, 0.3) is 0 Å². The molecule has 0 amide bonds. The Hall–Kier alpha value is -1.88. The van der Waals surface area contributed by atoms with Crippen molar-refractivity contribution >= 4 is 0 Å². The molecule has 0 fully saturated rings. The van der Waals surface area contributed by atoms with E-state index in [0.29, 0.717) is 18.8 Å². The van der Waals surface area contributed by atoms with Gasteiger partial charge in [-0.15, -0.1) is 0 Å². The largest absolute Gasteiger partial charge is 0.493 e. The van der Waals surface area contributed by atoms with E-state index < -0.39 is 0 Å². The highest BCUT2D eigenvalue weighted by molar-refractivity contribution is 5.34. The Labute approximate surface area is 118 Å². The molecule has 0 aliphatic rings. The third-order valence-corrected chi connectivity index (χ3v) is 2.97. The number of aromatic nitrogens is 2. The molecule has 0 spiro atoms. The molecule has 0 radical (unpaired) electrons. The summed E-state index contributed by atoms with van der Waals surface area (Å²) in [5, 5.41) is 4.11. The maximum atomic E-state index is 13.3. The second-order valence-corrected chi connectivity index (χ2v) is 5.05. The number of hydrogen-bond donors (Lipinski definition) is 1. The van der Waals surface area contributed by atoms with Crippen molar-refractivity contribution in [1.82, 2.24) is 9.78 Å². The van der Waals surface area contributed by atoms with Crippen molar-refractivity contribution in [2.75, 3.05) is 6.61 Å². The molecule has 5 heteroatoms. The molecule has 2 rings (SSSR count). The van der Waals surface area contributed by atoms with Crippen LogP contribution >= 0.6 is 0 Å². The van der Waals surface area contributed by atoms with Gasteiger partial charge < -0.3 is 10.5 Å². The highest BCUT2D eigenvalue weighted by Crippen LogP contribution is 2.21. The molecule has 0 bridgehead atoms. The van der Waals surface area contributed by atoms with Crippen LogP contribution in [-0.2, 0) is 19.9 Å². The minimum Gasteiger partial charge on any atom is -0.493 e. The maximum absolute atomic E-state index is 13.3. The van der Waals surface area contributed by atoms with Gasteiger partial charge in [-0.05, 0) is 42.7 Å². The Morgan fingerprint density at radius 2 is 2.25 bits per heavy atom. The van der Waals surface area contributed by atoms with Crippen LogP contribution in [0.1, 0.15) is 18.1 Å².